The zero-order valence-electron chi connectivity index (χ0n) is 10.9. The summed E-state index contributed by atoms with van der Waals surface area (Å²) in [6.07, 6.45) is 3.53. The van der Waals surface area contributed by atoms with Gasteiger partial charge in [0, 0.05) is 12.4 Å². The van der Waals surface area contributed by atoms with Gasteiger partial charge in [-0.25, -0.2) is 19.4 Å². The third kappa shape index (κ3) is 4.46. The topological polar surface area (TPSA) is 141 Å². The summed E-state index contributed by atoms with van der Waals surface area (Å²) < 4.78 is 0. The molecule has 2 rings (SSSR count). The molecule has 0 amide bonds. The van der Waals surface area contributed by atoms with Gasteiger partial charge in [-0.3, -0.25) is 0 Å². The summed E-state index contributed by atoms with van der Waals surface area (Å²) in [4.78, 5) is 38.5. The molecule has 0 spiro atoms. The Morgan fingerprint density at radius 1 is 1.00 bits per heavy atom. The van der Waals surface area contributed by atoms with E-state index in [1.54, 1.807) is 12.4 Å². The van der Waals surface area contributed by atoms with Crippen LogP contribution in [0, 0.1) is 6.92 Å². The molecule has 0 radical (unpaired) electrons. The average Bonchev–Trinajstić information content (AvgIpc) is 2.89. The van der Waals surface area contributed by atoms with Gasteiger partial charge in [-0.15, -0.1) is 0 Å². The largest absolute Gasteiger partial charge is 0.478 e. The molecule has 8 nitrogen and oxygen atoms in total. The first-order chi connectivity index (χ1) is 9.82. The number of carboxylic acids is 3. The zero-order chi connectivity index (χ0) is 16.0. The molecule has 0 aliphatic rings. The van der Waals surface area contributed by atoms with Crippen LogP contribution in [0.5, 0.6) is 0 Å². The number of benzene rings is 1. The Morgan fingerprint density at radius 3 is 1.95 bits per heavy atom. The van der Waals surface area contributed by atoms with E-state index < -0.39 is 29.0 Å². The summed E-state index contributed by atoms with van der Waals surface area (Å²) in [5.41, 5.74) is -1.24. The van der Waals surface area contributed by atoms with Crippen molar-refractivity contribution in [3.63, 3.8) is 0 Å². The van der Waals surface area contributed by atoms with E-state index >= 15 is 0 Å². The second-order valence-electron chi connectivity index (χ2n) is 3.85. The van der Waals surface area contributed by atoms with Gasteiger partial charge >= 0.3 is 17.9 Å². The van der Waals surface area contributed by atoms with Gasteiger partial charge in [0.1, 0.15) is 5.82 Å². The monoisotopic (exact) mass is 292 g/mol. The molecule has 0 aliphatic heterocycles. The fourth-order valence-electron chi connectivity index (χ4n) is 1.38. The van der Waals surface area contributed by atoms with Gasteiger partial charge < -0.3 is 20.3 Å². The number of aromatic carboxylic acids is 3. The number of nitrogens with zero attached hydrogens (tertiary/aromatic N) is 1. The highest BCUT2D eigenvalue weighted by Gasteiger charge is 2.17. The minimum atomic E-state index is -1.48. The van der Waals surface area contributed by atoms with E-state index in [1.165, 1.54) is 0 Å². The van der Waals surface area contributed by atoms with Crippen LogP contribution in [0.25, 0.3) is 0 Å². The number of aryl methyl sites for hydroxylation is 1. The van der Waals surface area contributed by atoms with Crippen molar-refractivity contribution in [1.29, 1.82) is 0 Å². The number of hydrogen-bond acceptors (Lipinski definition) is 4. The molecule has 110 valence electrons. The van der Waals surface area contributed by atoms with Crippen LogP contribution in [0.1, 0.15) is 36.9 Å². The first-order valence-corrected chi connectivity index (χ1v) is 5.63. The lowest BCUT2D eigenvalue weighted by molar-refractivity contribution is 0.0649. The van der Waals surface area contributed by atoms with Crippen LogP contribution in [0.4, 0.5) is 0 Å². The Hall–Kier alpha value is -3.16. The summed E-state index contributed by atoms with van der Waals surface area (Å²) in [6, 6.07) is 2.81. The molecule has 0 aliphatic carbocycles. The lowest BCUT2D eigenvalue weighted by atomic mass is 10.0. The van der Waals surface area contributed by atoms with Gasteiger partial charge in [0.25, 0.3) is 0 Å². The minimum Gasteiger partial charge on any atom is -0.478 e. The quantitative estimate of drug-likeness (QED) is 0.671. The second kappa shape index (κ2) is 6.85. The van der Waals surface area contributed by atoms with Gasteiger partial charge in [0.05, 0.1) is 16.7 Å². The standard InChI is InChI=1S/C9H6O6.C4H6N2/c10-7(11)4-1-2-5(8(12)13)6(3-4)9(14)15;1-4-5-2-3-6-4/h1-3H,(H,10,11)(H,12,13)(H,14,15);2-3H,1H3,(H,5,6). The average molecular weight is 292 g/mol. The van der Waals surface area contributed by atoms with Crippen LogP contribution >= 0.6 is 0 Å². The zero-order valence-corrected chi connectivity index (χ0v) is 10.9. The first kappa shape index (κ1) is 15.9. The molecule has 2 aromatic rings. The number of H-pyrrole nitrogens is 1. The number of hydrogen-bond donors (Lipinski definition) is 4. The molecule has 1 aromatic carbocycles. The fraction of sp³-hybridized carbons (Fsp3) is 0.0769. The van der Waals surface area contributed by atoms with Gasteiger partial charge in [-0.2, -0.15) is 0 Å². The summed E-state index contributed by atoms with van der Waals surface area (Å²) >= 11 is 0. The maximum Gasteiger partial charge on any atom is 0.336 e. The Labute approximate surface area is 118 Å². The van der Waals surface area contributed by atoms with Gasteiger partial charge in [-0.1, -0.05) is 0 Å². The molecule has 0 fully saturated rings. The minimum absolute atomic E-state index is 0.266. The number of rotatable bonds is 3. The molecular weight excluding hydrogens is 280 g/mol. The van der Waals surface area contributed by atoms with E-state index in [0.717, 1.165) is 24.0 Å². The van der Waals surface area contributed by atoms with Gasteiger partial charge in [0.15, 0.2) is 0 Å². The van der Waals surface area contributed by atoms with Crippen molar-refractivity contribution in [3.8, 4) is 0 Å². The van der Waals surface area contributed by atoms with Gasteiger partial charge in [0.2, 0.25) is 0 Å². The van der Waals surface area contributed by atoms with Crippen molar-refractivity contribution in [3.05, 3.63) is 53.1 Å². The normalized spacial score (nSPS) is 9.38. The Bertz CT molecular complexity index is 663. The van der Waals surface area contributed by atoms with Crippen LogP contribution in [-0.2, 0) is 0 Å². The third-order valence-corrected chi connectivity index (χ3v) is 2.36. The smallest absolute Gasteiger partial charge is 0.336 e. The van der Waals surface area contributed by atoms with Crippen LogP contribution in [-0.4, -0.2) is 43.2 Å². The molecule has 0 saturated heterocycles. The number of imidazole rings is 1. The van der Waals surface area contributed by atoms with Crippen molar-refractivity contribution >= 4 is 17.9 Å². The number of carboxylic acid groups (broad SMARTS) is 3. The molecule has 0 unspecified atom stereocenters. The van der Waals surface area contributed by atoms with Crippen molar-refractivity contribution in [2.24, 2.45) is 0 Å². The lowest BCUT2D eigenvalue weighted by Crippen LogP contribution is -2.10. The van der Waals surface area contributed by atoms with Crippen LogP contribution in [0.2, 0.25) is 0 Å². The Balaban J connectivity index is 0.000000304. The van der Waals surface area contributed by atoms with E-state index in [9.17, 15) is 14.4 Å². The van der Waals surface area contributed by atoms with Crippen LogP contribution in [0.15, 0.2) is 30.6 Å². The van der Waals surface area contributed by atoms with E-state index in [-0.39, 0.29) is 5.56 Å². The molecule has 8 heteroatoms. The van der Waals surface area contributed by atoms with E-state index in [4.69, 9.17) is 15.3 Å². The molecule has 1 heterocycles. The van der Waals surface area contributed by atoms with E-state index in [2.05, 4.69) is 9.97 Å². The third-order valence-electron chi connectivity index (χ3n) is 2.36. The lowest BCUT2D eigenvalue weighted by Gasteiger charge is -2.02. The Morgan fingerprint density at radius 2 is 1.62 bits per heavy atom. The summed E-state index contributed by atoms with van der Waals surface area (Å²) in [5.74, 6) is -3.23. The van der Waals surface area contributed by atoms with E-state index in [1.807, 2.05) is 6.92 Å². The van der Waals surface area contributed by atoms with Crippen molar-refractivity contribution < 1.29 is 29.7 Å². The first-order valence-electron chi connectivity index (χ1n) is 5.63. The fourth-order valence-corrected chi connectivity index (χ4v) is 1.38. The number of carbonyl (C=O) groups is 3. The molecule has 21 heavy (non-hydrogen) atoms. The highest BCUT2D eigenvalue weighted by Crippen LogP contribution is 2.12. The molecule has 0 atom stereocenters. The maximum absolute atomic E-state index is 10.6. The highest BCUT2D eigenvalue weighted by atomic mass is 16.4. The molecule has 0 saturated carbocycles. The molecular formula is C13H12N2O6. The highest BCUT2D eigenvalue weighted by molar-refractivity contribution is 6.03. The molecule has 0 bridgehead atoms. The number of aromatic amines is 1. The van der Waals surface area contributed by atoms with Gasteiger partial charge in [-0.05, 0) is 25.1 Å². The van der Waals surface area contributed by atoms with Crippen molar-refractivity contribution in [1.82, 2.24) is 9.97 Å². The van der Waals surface area contributed by atoms with Crippen molar-refractivity contribution in [2.45, 2.75) is 6.92 Å². The predicted molar refractivity (Wildman–Crippen MR) is 70.6 cm³/mol. The predicted octanol–water partition coefficient (Wildman–Crippen LogP) is 1.50. The van der Waals surface area contributed by atoms with Crippen LogP contribution in [0.3, 0.4) is 0 Å². The SMILES string of the molecule is Cc1ncc[nH]1.O=C(O)c1ccc(C(=O)O)c(C(=O)O)c1. The summed E-state index contributed by atoms with van der Waals surface area (Å²) in [5, 5.41) is 25.9. The second-order valence-corrected chi connectivity index (χ2v) is 3.85. The summed E-state index contributed by atoms with van der Waals surface area (Å²) in [6.45, 7) is 1.92. The number of aromatic nitrogens is 2. The van der Waals surface area contributed by atoms with Crippen molar-refractivity contribution in [2.75, 3.05) is 0 Å². The number of nitrogens with one attached hydrogen (secondary N) is 1. The maximum atomic E-state index is 10.6. The molecule has 1 aromatic heterocycles. The Kier molecular flexibility index (Phi) is 5.18. The van der Waals surface area contributed by atoms with Crippen LogP contribution < -0.4 is 0 Å². The summed E-state index contributed by atoms with van der Waals surface area (Å²) in [7, 11) is 0. The molecule has 4 N–H and O–H groups in total. The van der Waals surface area contributed by atoms with E-state index in [0.29, 0.717) is 0 Å².